The van der Waals surface area contributed by atoms with E-state index in [9.17, 15) is 4.79 Å². The first kappa shape index (κ1) is 13.4. The molecule has 0 spiro atoms. The Kier molecular flexibility index (Phi) is 4.60. The normalized spacial score (nSPS) is 10.1. The molecule has 1 N–H and O–H groups in total. The van der Waals surface area contributed by atoms with Gasteiger partial charge < -0.3 is 5.32 Å². The molecule has 0 heterocycles. The van der Waals surface area contributed by atoms with Crippen LogP contribution < -0.4 is 5.32 Å². The lowest BCUT2D eigenvalue weighted by Gasteiger charge is -2.06. The summed E-state index contributed by atoms with van der Waals surface area (Å²) >= 11 is 8.12. The molecule has 18 heavy (non-hydrogen) atoms. The molecule has 0 aromatic heterocycles. The van der Waals surface area contributed by atoms with Crippen LogP contribution in [0.4, 0.5) is 0 Å². The van der Waals surface area contributed by atoms with E-state index < -0.39 is 0 Å². The Morgan fingerprint density at radius 1 is 1.17 bits per heavy atom. The van der Waals surface area contributed by atoms with Crippen LogP contribution in [0.3, 0.4) is 0 Å². The highest BCUT2D eigenvalue weighted by molar-refractivity contribution is 14.1. The van der Waals surface area contributed by atoms with Gasteiger partial charge >= 0.3 is 0 Å². The van der Waals surface area contributed by atoms with Crippen molar-refractivity contribution in [3.63, 3.8) is 0 Å². The zero-order valence-electron chi connectivity index (χ0n) is 9.49. The first-order valence-electron chi connectivity index (χ1n) is 5.44. The first-order chi connectivity index (χ1) is 8.66. The third-order valence-corrected chi connectivity index (χ3v) is 4.05. The first-order valence-corrected chi connectivity index (χ1v) is 6.89. The molecule has 4 heteroatoms. The second kappa shape index (κ2) is 6.20. The predicted molar refractivity (Wildman–Crippen MR) is 81.8 cm³/mol. The van der Waals surface area contributed by atoms with Crippen LogP contribution in [0.1, 0.15) is 15.9 Å². The number of hydrogen-bond acceptors (Lipinski definition) is 1. The highest BCUT2D eigenvalue weighted by Gasteiger charge is 2.07. The van der Waals surface area contributed by atoms with Crippen LogP contribution in [0.2, 0.25) is 5.02 Å². The third kappa shape index (κ3) is 3.46. The van der Waals surface area contributed by atoms with Crippen LogP contribution in [0.25, 0.3) is 0 Å². The topological polar surface area (TPSA) is 29.1 Å². The minimum atomic E-state index is -0.114. The van der Waals surface area contributed by atoms with Crippen molar-refractivity contribution in [3.05, 3.63) is 68.3 Å². The van der Waals surface area contributed by atoms with Crippen LogP contribution in [-0.2, 0) is 6.54 Å². The molecule has 0 fully saturated rings. The summed E-state index contributed by atoms with van der Waals surface area (Å²) in [6.45, 7) is 0.517. The van der Waals surface area contributed by atoms with Gasteiger partial charge in [-0.1, -0.05) is 41.9 Å². The molecule has 0 aliphatic rings. The zero-order valence-corrected chi connectivity index (χ0v) is 12.4. The smallest absolute Gasteiger partial charge is 0.251 e. The van der Waals surface area contributed by atoms with E-state index in [0.29, 0.717) is 17.1 Å². The van der Waals surface area contributed by atoms with Crippen LogP contribution in [0, 0.1) is 3.57 Å². The fourth-order valence-electron chi connectivity index (χ4n) is 1.52. The van der Waals surface area contributed by atoms with Gasteiger partial charge in [0.2, 0.25) is 0 Å². The summed E-state index contributed by atoms with van der Waals surface area (Å²) in [7, 11) is 0. The van der Waals surface area contributed by atoms with E-state index in [4.69, 9.17) is 11.6 Å². The molecule has 0 bridgehead atoms. The van der Waals surface area contributed by atoms with Gasteiger partial charge in [0.1, 0.15) is 0 Å². The number of rotatable bonds is 3. The molecule has 0 saturated heterocycles. The van der Waals surface area contributed by atoms with E-state index in [1.54, 1.807) is 12.1 Å². The lowest BCUT2D eigenvalue weighted by Crippen LogP contribution is -2.22. The van der Waals surface area contributed by atoms with Gasteiger partial charge in [-0.25, -0.2) is 0 Å². The Bertz CT molecular complexity index is 557. The highest BCUT2D eigenvalue weighted by atomic mass is 127. The minimum Gasteiger partial charge on any atom is -0.348 e. The molecule has 0 radical (unpaired) electrons. The maximum atomic E-state index is 11.9. The molecule has 0 atom stereocenters. The van der Waals surface area contributed by atoms with Crippen molar-refractivity contribution in [1.82, 2.24) is 5.32 Å². The van der Waals surface area contributed by atoms with Crippen LogP contribution in [0.15, 0.2) is 48.5 Å². The average molecular weight is 372 g/mol. The molecular formula is C14H11ClINO. The van der Waals surface area contributed by atoms with Crippen molar-refractivity contribution >= 4 is 40.1 Å². The summed E-state index contributed by atoms with van der Waals surface area (Å²) < 4.78 is 0.939. The second-order valence-corrected chi connectivity index (χ2v) is 5.37. The van der Waals surface area contributed by atoms with Gasteiger partial charge in [-0.2, -0.15) is 0 Å². The van der Waals surface area contributed by atoms with Crippen molar-refractivity contribution in [2.45, 2.75) is 6.54 Å². The van der Waals surface area contributed by atoms with Crippen LogP contribution in [-0.4, -0.2) is 5.91 Å². The average Bonchev–Trinajstić information content (AvgIpc) is 2.40. The Morgan fingerprint density at radius 2 is 1.89 bits per heavy atom. The molecule has 0 unspecified atom stereocenters. The van der Waals surface area contributed by atoms with E-state index >= 15 is 0 Å². The van der Waals surface area contributed by atoms with Crippen LogP contribution in [0.5, 0.6) is 0 Å². The molecule has 0 aliphatic carbocycles. The van der Waals surface area contributed by atoms with E-state index in [1.165, 1.54) is 0 Å². The Morgan fingerprint density at radius 3 is 2.56 bits per heavy atom. The summed E-state index contributed by atoms with van der Waals surface area (Å²) in [6, 6.07) is 15.1. The summed E-state index contributed by atoms with van der Waals surface area (Å²) in [5.41, 5.74) is 1.65. The molecule has 0 saturated carbocycles. The quantitative estimate of drug-likeness (QED) is 0.815. The highest BCUT2D eigenvalue weighted by Crippen LogP contribution is 2.19. The van der Waals surface area contributed by atoms with Crippen molar-refractivity contribution < 1.29 is 4.79 Å². The molecule has 92 valence electrons. The number of halogens is 2. The summed E-state index contributed by atoms with van der Waals surface area (Å²) in [5, 5.41) is 3.46. The minimum absolute atomic E-state index is 0.114. The van der Waals surface area contributed by atoms with Gasteiger partial charge in [0.05, 0.1) is 5.02 Å². The lowest BCUT2D eigenvalue weighted by molar-refractivity contribution is 0.0951. The maximum Gasteiger partial charge on any atom is 0.251 e. The monoisotopic (exact) mass is 371 g/mol. The van der Waals surface area contributed by atoms with Crippen molar-refractivity contribution in [2.75, 3.05) is 0 Å². The largest absolute Gasteiger partial charge is 0.348 e. The van der Waals surface area contributed by atoms with Gasteiger partial charge in [0, 0.05) is 15.7 Å². The summed E-state index contributed by atoms with van der Waals surface area (Å²) in [5.74, 6) is -0.114. The molecule has 1 amide bonds. The van der Waals surface area contributed by atoms with E-state index in [0.717, 1.165) is 9.13 Å². The number of benzene rings is 2. The SMILES string of the molecule is O=C(NCc1ccccc1)c1ccc(I)c(Cl)c1. The van der Waals surface area contributed by atoms with Crippen molar-refractivity contribution in [2.24, 2.45) is 0 Å². The number of carbonyl (C=O) groups excluding carboxylic acids is 1. The molecule has 2 rings (SSSR count). The van der Waals surface area contributed by atoms with Gasteiger partial charge in [0.15, 0.2) is 0 Å². The Hall–Kier alpha value is -1.07. The maximum absolute atomic E-state index is 11.9. The van der Waals surface area contributed by atoms with Gasteiger partial charge in [-0.05, 0) is 46.4 Å². The van der Waals surface area contributed by atoms with Crippen LogP contribution >= 0.6 is 34.2 Å². The summed E-state index contributed by atoms with van der Waals surface area (Å²) in [6.07, 6.45) is 0. The molecule has 2 aromatic carbocycles. The molecule has 2 aromatic rings. The standard InChI is InChI=1S/C14H11ClINO/c15-12-8-11(6-7-13(12)16)14(18)17-9-10-4-2-1-3-5-10/h1-8H,9H2,(H,17,18). The Labute approximate surface area is 124 Å². The molecule has 0 aliphatic heterocycles. The summed E-state index contributed by atoms with van der Waals surface area (Å²) in [4.78, 5) is 11.9. The fraction of sp³-hybridized carbons (Fsp3) is 0.0714. The predicted octanol–water partition coefficient (Wildman–Crippen LogP) is 3.87. The Balaban J connectivity index is 2.02. The van der Waals surface area contributed by atoms with Crippen molar-refractivity contribution in [1.29, 1.82) is 0 Å². The molecular weight excluding hydrogens is 361 g/mol. The number of nitrogens with one attached hydrogen (secondary N) is 1. The second-order valence-electron chi connectivity index (χ2n) is 3.80. The van der Waals surface area contributed by atoms with Gasteiger partial charge in [-0.15, -0.1) is 0 Å². The zero-order chi connectivity index (χ0) is 13.0. The van der Waals surface area contributed by atoms with E-state index in [-0.39, 0.29) is 5.91 Å². The number of amides is 1. The third-order valence-electron chi connectivity index (χ3n) is 2.48. The van der Waals surface area contributed by atoms with Gasteiger partial charge in [0.25, 0.3) is 5.91 Å². The molecule has 2 nitrogen and oxygen atoms in total. The lowest BCUT2D eigenvalue weighted by atomic mass is 10.2. The van der Waals surface area contributed by atoms with E-state index in [1.807, 2.05) is 36.4 Å². The number of hydrogen-bond donors (Lipinski definition) is 1. The fourth-order valence-corrected chi connectivity index (χ4v) is 2.03. The number of carbonyl (C=O) groups is 1. The van der Waals surface area contributed by atoms with E-state index in [2.05, 4.69) is 27.9 Å². The van der Waals surface area contributed by atoms with Crippen molar-refractivity contribution in [3.8, 4) is 0 Å². The van der Waals surface area contributed by atoms with Gasteiger partial charge in [-0.3, -0.25) is 4.79 Å².